The second-order valence-corrected chi connectivity index (χ2v) is 6.77. The van der Waals surface area contributed by atoms with Crippen LogP contribution in [0.3, 0.4) is 0 Å². The molecule has 0 unspecified atom stereocenters. The van der Waals surface area contributed by atoms with Crippen LogP contribution in [0.25, 0.3) is 17.3 Å². The fourth-order valence-corrected chi connectivity index (χ4v) is 3.30. The third kappa shape index (κ3) is 4.14. The van der Waals surface area contributed by atoms with Gasteiger partial charge in [-0.15, -0.1) is 5.10 Å². The molecule has 0 saturated carbocycles. The van der Waals surface area contributed by atoms with Crippen LogP contribution in [0, 0.1) is 10.1 Å². The van der Waals surface area contributed by atoms with E-state index in [4.69, 9.17) is 4.42 Å². The number of nitro groups is 1. The van der Waals surface area contributed by atoms with Crippen molar-refractivity contribution in [2.45, 2.75) is 0 Å². The minimum Gasteiger partial charge on any atom is -0.463 e. The zero-order valence-electron chi connectivity index (χ0n) is 14.6. The molecule has 1 saturated heterocycles. The van der Waals surface area contributed by atoms with E-state index in [-0.39, 0.29) is 11.6 Å². The number of thioether (sulfide) groups is 1. The van der Waals surface area contributed by atoms with Crippen molar-refractivity contribution in [3.8, 4) is 11.3 Å². The predicted molar refractivity (Wildman–Crippen MR) is 108 cm³/mol. The summed E-state index contributed by atoms with van der Waals surface area (Å²) in [5.41, 5.74) is 1.73. The van der Waals surface area contributed by atoms with Crippen LogP contribution in [-0.2, 0) is 4.79 Å². The van der Waals surface area contributed by atoms with E-state index in [0.717, 1.165) is 11.8 Å². The zero-order chi connectivity index (χ0) is 20.2. The van der Waals surface area contributed by atoms with E-state index in [1.54, 1.807) is 36.5 Å². The number of non-ortho nitro benzene ring substituents is 1. The Hall–Kier alpha value is -3.99. The number of nitrogens with zero attached hydrogens (tertiary/aromatic N) is 4. The van der Waals surface area contributed by atoms with Crippen LogP contribution in [0.15, 0.2) is 68.4 Å². The standard InChI is InChI=1S/C18H12N6O4S/c25-17-15(29-18(21-17)23-20-10-14-5-2-6-28-14)8-12-9-19-22-16(12)11-3-1-4-13(7-11)24(26)27/h1-10H,(H,19,22)(H,21,23,25). The van der Waals surface area contributed by atoms with Crippen molar-refractivity contribution in [2.75, 3.05) is 0 Å². The van der Waals surface area contributed by atoms with Crippen molar-refractivity contribution in [1.29, 1.82) is 0 Å². The zero-order valence-corrected chi connectivity index (χ0v) is 15.4. The summed E-state index contributed by atoms with van der Waals surface area (Å²) in [4.78, 5) is 23.2. The molecule has 0 spiro atoms. The number of carbonyl (C=O) groups excluding carboxylic acids is 1. The number of rotatable bonds is 5. The first kappa shape index (κ1) is 18.4. The van der Waals surface area contributed by atoms with Crippen molar-refractivity contribution >= 4 is 40.8 Å². The Morgan fingerprint density at radius 3 is 2.97 bits per heavy atom. The minimum atomic E-state index is -0.468. The van der Waals surface area contributed by atoms with Crippen LogP contribution in [-0.4, -0.2) is 32.4 Å². The lowest BCUT2D eigenvalue weighted by Crippen LogP contribution is -2.19. The monoisotopic (exact) mass is 408 g/mol. The maximum Gasteiger partial charge on any atom is 0.270 e. The van der Waals surface area contributed by atoms with Crippen LogP contribution < -0.4 is 5.32 Å². The number of nitrogens with one attached hydrogen (secondary N) is 2. The van der Waals surface area contributed by atoms with Gasteiger partial charge in [-0.05, 0) is 30.0 Å². The summed E-state index contributed by atoms with van der Waals surface area (Å²) in [6.45, 7) is 0. The second kappa shape index (κ2) is 7.94. The van der Waals surface area contributed by atoms with Gasteiger partial charge in [0.05, 0.1) is 34.2 Å². The summed E-state index contributed by atoms with van der Waals surface area (Å²) < 4.78 is 5.11. The van der Waals surface area contributed by atoms with Crippen molar-refractivity contribution in [3.05, 3.63) is 75.2 Å². The van der Waals surface area contributed by atoms with Gasteiger partial charge < -0.3 is 4.42 Å². The maximum atomic E-state index is 12.2. The number of nitro benzene ring substituents is 1. The SMILES string of the molecule is O=C1NC(=NN=Cc2ccco2)SC1=Cc1cn[nH]c1-c1cccc([N+](=O)[O-])c1. The van der Waals surface area contributed by atoms with Gasteiger partial charge in [0, 0.05) is 23.3 Å². The molecule has 1 fully saturated rings. The highest BCUT2D eigenvalue weighted by Gasteiger charge is 2.24. The van der Waals surface area contributed by atoms with E-state index in [2.05, 4.69) is 25.7 Å². The van der Waals surface area contributed by atoms with E-state index in [9.17, 15) is 14.9 Å². The lowest BCUT2D eigenvalue weighted by molar-refractivity contribution is -0.384. The third-order valence-corrected chi connectivity index (χ3v) is 4.73. The Kier molecular flexibility index (Phi) is 5.03. The Morgan fingerprint density at radius 1 is 1.28 bits per heavy atom. The van der Waals surface area contributed by atoms with Crippen LogP contribution in [0.4, 0.5) is 5.69 Å². The molecule has 4 rings (SSSR count). The summed E-state index contributed by atoms with van der Waals surface area (Å²) in [5.74, 6) is 0.215. The Labute approximate surface area is 167 Å². The van der Waals surface area contributed by atoms with Gasteiger partial charge in [0.25, 0.3) is 11.6 Å². The molecule has 2 aromatic heterocycles. The number of aromatic nitrogens is 2. The maximum absolute atomic E-state index is 12.2. The molecule has 1 aliphatic rings. The lowest BCUT2D eigenvalue weighted by atomic mass is 10.1. The molecule has 11 heteroatoms. The second-order valence-electron chi connectivity index (χ2n) is 5.74. The number of amides is 1. The predicted octanol–water partition coefficient (Wildman–Crippen LogP) is 3.17. The minimum absolute atomic E-state index is 0.0347. The molecule has 0 radical (unpaired) electrons. The molecule has 2 N–H and O–H groups in total. The van der Waals surface area contributed by atoms with Crippen molar-refractivity contribution in [2.24, 2.45) is 10.2 Å². The number of H-pyrrole nitrogens is 1. The number of aromatic amines is 1. The van der Waals surface area contributed by atoms with E-state index in [1.807, 2.05) is 0 Å². The molecule has 0 aliphatic carbocycles. The largest absolute Gasteiger partial charge is 0.463 e. The molecule has 1 aliphatic heterocycles. The smallest absolute Gasteiger partial charge is 0.270 e. The van der Waals surface area contributed by atoms with Gasteiger partial charge in [-0.1, -0.05) is 12.1 Å². The van der Waals surface area contributed by atoms with E-state index in [0.29, 0.717) is 32.7 Å². The summed E-state index contributed by atoms with van der Waals surface area (Å²) in [5, 5.41) is 28.6. The van der Waals surface area contributed by atoms with Gasteiger partial charge in [0.1, 0.15) is 5.76 Å². The van der Waals surface area contributed by atoms with Crippen LogP contribution >= 0.6 is 11.8 Å². The van der Waals surface area contributed by atoms with Crippen molar-refractivity contribution in [3.63, 3.8) is 0 Å². The highest BCUT2D eigenvalue weighted by molar-refractivity contribution is 8.18. The molecule has 0 bridgehead atoms. The number of amidine groups is 1. The molecule has 3 aromatic rings. The van der Waals surface area contributed by atoms with Gasteiger partial charge in [-0.2, -0.15) is 10.2 Å². The fraction of sp³-hybridized carbons (Fsp3) is 0. The van der Waals surface area contributed by atoms with Crippen molar-refractivity contribution < 1.29 is 14.1 Å². The van der Waals surface area contributed by atoms with Crippen LogP contribution in [0.1, 0.15) is 11.3 Å². The molecule has 144 valence electrons. The number of furan rings is 1. The lowest BCUT2D eigenvalue weighted by Gasteiger charge is -2.00. The quantitative estimate of drug-likeness (QED) is 0.288. The summed E-state index contributed by atoms with van der Waals surface area (Å²) in [7, 11) is 0. The number of hydrogen-bond acceptors (Lipinski definition) is 8. The van der Waals surface area contributed by atoms with Crippen molar-refractivity contribution in [1.82, 2.24) is 15.5 Å². The van der Waals surface area contributed by atoms with Gasteiger partial charge in [-0.3, -0.25) is 25.3 Å². The van der Waals surface area contributed by atoms with Gasteiger partial charge >= 0.3 is 0 Å². The summed E-state index contributed by atoms with van der Waals surface area (Å²) in [6, 6.07) is 9.61. The first-order chi connectivity index (χ1) is 14.1. The fourth-order valence-electron chi connectivity index (χ4n) is 2.53. The van der Waals surface area contributed by atoms with E-state index >= 15 is 0 Å². The molecule has 0 atom stereocenters. The first-order valence-electron chi connectivity index (χ1n) is 8.24. The molecule has 10 nitrogen and oxygen atoms in total. The topological polar surface area (TPSA) is 139 Å². The Bertz CT molecular complexity index is 1160. The Balaban J connectivity index is 1.56. The molecular weight excluding hydrogens is 396 g/mol. The number of benzene rings is 1. The summed E-state index contributed by atoms with van der Waals surface area (Å²) in [6.07, 6.45) is 6.12. The molecule has 29 heavy (non-hydrogen) atoms. The number of carbonyl (C=O) groups is 1. The molecular formula is C18H12N6O4S. The normalized spacial score (nSPS) is 16.8. The highest BCUT2D eigenvalue weighted by atomic mass is 32.2. The van der Waals surface area contributed by atoms with Crippen LogP contribution in [0.5, 0.6) is 0 Å². The van der Waals surface area contributed by atoms with Gasteiger partial charge in [0.15, 0.2) is 5.17 Å². The van der Waals surface area contributed by atoms with Gasteiger partial charge in [-0.25, -0.2) is 0 Å². The summed E-state index contributed by atoms with van der Waals surface area (Å²) >= 11 is 1.12. The highest BCUT2D eigenvalue weighted by Crippen LogP contribution is 2.30. The molecule has 1 aromatic carbocycles. The van der Waals surface area contributed by atoms with Crippen LogP contribution in [0.2, 0.25) is 0 Å². The number of hydrogen-bond donors (Lipinski definition) is 2. The molecule has 1 amide bonds. The van der Waals surface area contributed by atoms with Gasteiger partial charge in [0.2, 0.25) is 0 Å². The average molecular weight is 408 g/mol. The third-order valence-electron chi connectivity index (χ3n) is 3.83. The average Bonchev–Trinajstić information content (AvgIpc) is 3.45. The molecule has 3 heterocycles. The van der Waals surface area contributed by atoms with E-state index < -0.39 is 4.92 Å². The Morgan fingerprint density at radius 2 is 2.17 bits per heavy atom. The first-order valence-corrected chi connectivity index (χ1v) is 9.05. The van der Waals surface area contributed by atoms with E-state index in [1.165, 1.54) is 24.6 Å².